The summed E-state index contributed by atoms with van der Waals surface area (Å²) in [5.74, 6) is -0.772. The van der Waals surface area contributed by atoms with Crippen molar-refractivity contribution in [3.63, 3.8) is 0 Å². The van der Waals surface area contributed by atoms with Crippen molar-refractivity contribution in [1.82, 2.24) is 10.4 Å². The van der Waals surface area contributed by atoms with Gasteiger partial charge in [-0.1, -0.05) is 12.1 Å². The summed E-state index contributed by atoms with van der Waals surface area (Å²) in [5, 5.41) is 9.94. The predicted octanol–water partition coefficient (Wildman–Crippen LogP) is 1.81. The van der Waals surface area contributed by atoms with E-state index in [1.165, 1.54) is 17.1 Å². The Morgan fingerprint density at radius 2 is 1.91 bits per heavy atom. The van der Waals surface area contributed by atoms with Gasteiger partial charge < -0.3 is 10.8 Å². The number of phenolic OH excluding ortho intramolecular Hbond substituents is 1. The summed E-state index contributed by atoms with van der Waals surface area (Å²) in [5.41, 5.74) is 9.68. The number of nitrogen functional groups attached to an aromatic ring is 1. The minimum Gasteiger partial charge on any atom is -0.508 e. The Labute approximate surface area is 137 Å². The standard InChI is InChI=1S/C16H14ClN3O3/c17-13-14(10-2-1-3-12(21)8-10)20(16(13)23)19-15(22)9-4-6-11(18)7-5-9/h1-8,13-14,21H,18H2,(H,19,22)/t13-,14+/m1/s1. The molecule has 6 nitrogen and oxygen atoms in total. The number of nitrogens with two attached hydrogens (primary N) is 1. The number of hydrogen-bond donors (Lipinski definition) is 3. The Morgan fingerprint density at radius 3 is 2.57 bits per heavy atom. The Morgan fingerprint density at radius 1 is 1.22 bits per heavy atom. The lowest BCUT2D eigenvalue weighted by Crippen LogP contribution is -2.63. The highest BCUT2D eigenvalue weighted by molar-refractivity contribution is 6.33. The van der Waals surface area contributed by atoms with Crippen LogP contribution in [0.2, 0.25) is 0 Å². The van der Waals surface area contributed by atoms with Gasteiger partial charge in [0, 0.05) is 11.3 Å². The van der Waals surface area contributed by atoms with E-state index in [1.807, 2.05) is 0 Å². The zero-order valence-electron chi connectivity index (χ0n) is 11.9. The van der Waals surface area contributed by atoms with Crippen LogP contribution >= 0.6 is 11.6 Å². The van der Waals surface area contributed by atoms with Crippen LogP contribution in [-0.2, 0) is 4.79 Å². The van der Waals surface area contributed by atoms with Crippen molar-refractivity contribution in [1.29, 1.82) is 0 Å². The van der Waals surface area contributed by atoms with E-state index in [9.17, 15) is 14.7 Å². The number of β-lactam (4-membered cyclic amide) rings is 1. The number of anilines is 1. The number of nitrogens with one attached hydrogen (secondary N) is 1. The number of hydrazine groups is 1. The van der Waals surface area contributed by atoms with Gasteiger partial charge in [0.2, 0.25) is 0 Å². The smallest absolute Gasteiger partial charge is 0.269 e. The normalized spacial score (nSPS) is 20.0. The molecule has 1 heterocycles. The number of nitrogens with zero attached hydrogens (tertiary/aromatic N) is 1. The van der Waals surface area contributed by atoms with Crippen molar-refractivity contribution < 1.29 is 14.7 Å². The van der Waals surface area contributed by atoms with Gasteiger partial charge in [0.25, 0.3) is 11.8 Å². The number of aromatic hydroxyl groups is 1. The van der Waals surface area contributed by atoms with Gasteiger partial charge in [-0.15, -0.1) is 11.6 Å². The Bertz CT molecular complexity index is 763. The largest absolute Gasteiger partial charge is 0.508 e. The number of benzene rings is 2. The molecule has 2 atom stereocenters. The quantitative estimate of drug-likeness (QED) is 0.454. The first-order valence-electron chi connectivity index (χ1n) is 6.90. The molecule has 1 fully saturated rings. The van der Waals surface area contributed by atoms with E-state index >= 15 is 0 Å². The minimum atomic E-state index is -0.788. The first-order valence-corrected chi connectivity index (χ1v) is 7.33. The van der Waals surface area contributed by atoms with Gasteiger partial charge in [0.05, 0.1) is 0 Å². The molecule has 118 valence electrons. The highest BCUT2D eigenvalue weighted by Gasteiger charge is 2.48. The number of halogens is 1. The maximum atomic E-state index is 12.2. The van der Waals surface area contributed by atoms with E-state index in [0.717, 1.165) is 0 Å². The van der Waals surface area contributed by atoms with Crippen molar-refractivity contribution in [3.05, 3.63) is 59.7 Å². The molecule has 0 radical (unpaired) electrons. The zero-order chi connectivity index (χ0) is 16.6. The molecule has 0 bridgehead atoms. The van der Waals surface area contributed by atoms with Crippen LogP contribution < -0.4 is 11.2 Å². The monoisotopic (exact) mass is 331 g/mol. The summed E-state index contributed by atoms with van der Waals surface area (Å²) in [4.78, 5) is 24.2. The molecule has 1 saturated heterocycles. The number of amides is 2. The summed E-state index contributed by atoms with van der Waals surface area (Å²) in [6, 6.07) is 12.2. The van der Waals surface area contributed by atoms with Crippen molar-refractivity contribution in [3.8, 4) is 5.75 Å². The van der Waals surface area contributed by atoms with Crippen LogP contribution in [0.25, 0.3) is 0 Å². The van der Waals surface area contributed by atoms with Crippen LogP contribution in [0.15, 0.2) is 48.5 Å². The van der Waals surface area contributed by atoms with Gasteiger partial charge in [-0.2, -0.15) is 0 Å². The molecule has 0 saturated carbocycles. The lowest BCUT2D eigenvalue weighted by molar-refractivity contribution is -0.149. The molecule has 7 heteroatoms. The van der Waals surface area contributed by atoms with Crippen molar-refractivity contribution in [2.24, 2.45) is 0 Å². The molecule has 2 amide bonds. The van der Waals surface area contributed by atoms with Gasteiger partial charge in [-0.3, -0.25) is 15.0 Å². The van der Waals surface area contributed by atoms with E-state index in [1.54, 1.807) is 36.4 Å². The minimum absolute atomic E-state index is 0.0653. The maximum Gasteiger partial charge on any atom is 0.269 e. The fraction of sp³-hybridized carbons (Fsp3) is 0.125. The van der Waals surface area contributed by atoms with Gasteiger partial charge in [-0.25, -0.2) is 5.01 Å². The third-order valence-corrected chi connectivity index (χ3v) is 4.06. The first kappa shape index (κ1) is 15.2. The number of phenols is 1. The molecule has 3 rings (SSSR count). The molecule has 2 aromatic carbocycles. The summed E-state index contributed by atoms with van der Waals surface area (Å²) in [6.07, 6.45) is 0. The Hall–Kier alpha value is -2.73. The topological polar surface area (TPSA) is 95.7 Å². The highest BCUT2D eigenvalue weighted by atomic mass is 35.5. The predicted molar refractivity (Wildman–Crippen MR) is 85.7 cm³/mol. The number of hydrogen-bond acceptors (Lipinski definition) is 4. The fourth-order valence-corrected chi connectivity index (χ4v) is 2.78. The summed E-state index contributed by atoms with van der Waals surface area (Å²) >= 11 is 6.06. The van der Waals surface area contributed by atoms with E-state index in [0.29, 0.717) is 16.8 Å². The molecular weight excluding hydrogens is 318 g/mol. The van der Waals surface area contributed by atoms with E-state index < -0.39 is 23.2 Å². The first-order chi connectivity index (χ1) is 11.0. The zero-order valence-corrected chi connectivity index (χ0v) is 12.7. The second kappa shape index (κ2) is 5.81. The number of carbonyl (C=O) groups excluding carboxylic acids is 2. The molecule has 0 aromatic heterocycles. The van der Waals surface area contributed by atoms with E-state index in [4.69, 9.17) is 17.3 Å². The van der Waals surface area contributed by atoms with Crippen molar-refractivity contribution in [2.45, 2.75) is 11.4 Å². The Kier molecular flexibility index (Phi) is 3.83. The number of alkyl halides is 1. The lowest BCUT2D eigenvalue weighted by atomic mass is 9.95. The van der Waals surface area contributed by atoms with Crippen LogP contribution in [-0.4, -0.2) is 27.3 Å². The van der Waals surface area contributed by atoms with Gasteiger partial charge in [-0.05, 0) is 42.0 Å². The van der Waals surface area contributed by atoms with Crippen LogP contribution in [0.5, 0.6) is 5.75 Å². The van der Waals surface area contributed by atoms with Crippen molar-refractivity contribution in [2.75, 3.05) is 5.73 Å². The average molecular weight is 332 g/mol. The Balaban J connectivity index is 1.79. The van der Waals surface area contributed by atoms with Crippen LogP contribution in [0.4, 0.5) is 5.69 Å². The molecule has 0 aliphatic carbocycles. The number of carbonyl (C=O) groups is 2. The maximum absolute atomic E-state index is 12.2. The van der Waals surface area contributed by atoms with Crippen LogP contribution in [0.3, 0.4) is 0 Å². The second-order valence-corrected chi connectivity index (χ2v) is 5.68. The fourth-order valence-electron chi connectivity index (χ4n) is 2.41. The van der Waals surface area contributed by atoms with E-state index in [-0.39, 0.29) is 5.75 Å². The summed E-state index contributed by atoms with van der Waals surface area (Å²) < 4.78 is 0. The highest BCUT2D eigenvalue weighted by Crippen LogP contribution is 2.38. The average Bonchev–Trinajstić information content (AvgIpc) is 2.54. The molecule has 4 N–H and O–H groups in total. The lowest BCUT2D eigenvalue weighted by Gasteiger charge is -2.43. The number of rotatable bonds is 3. The van der Waals surface area contributed by atoms with Crippen LogP contribution in [0.1, 0.15) is 22.0 Å². The van der Waals surface area contributed by atoms with Crippen molar-refractivity contribution >= 4 is 29.1 Å². The summed E-state index contributed by atoms with van der Waals surface area (Å²) in [6.45, 7) is 0. The third kappa shape index (κ3) is 2.80. The molecular formula is C16H14ClN3O3. The summed E-state index contributed by atoms with van der Waals surface area (Å²) in [7, 11) is 0. The van der Waals surface area contributed by atoms with Gasteiger partial charge in [0.1, 0.15) is 17.2 Å². The van der Waals surface area contributed by atoms with E-state index in [2.05, 4.69) is 5.43 Å². The second-order valence-electron chi connectivity index (χ2n) is 5.21. The third-order valence-electron chi connectivity index (χ3n) is 3.64. The molecule has 1 aliphatic rings. The van der Waals surface area contributed by atoms with Gasteiger partial charge in [0.15, 0.2) is 0 Å². The molecule has 1 aliphatic heterocycles. The molecule has 2 aromatic rings. The SMILES string of the molecule is Nc1ccc(C(=O)NN2C(=O)[C@H](Cl)[C@@H]2c2cccc(O)c2)cc1. The van der Waals surface area contributed by atoms with Crippen LogP contribution in [0, 0.1) is 0 Å². The molecule has 0 unspecified atom stereocenters. The molecule has 0 spiro atoms. The van der Waals surface area contributed by atoms with Gasteiger partial charge >= 0.3 is 0 Å². The molecule has 23 heavy (non-hydrogen) atoms.